The van der Waals surface area contributed by atoms with E-state index in [-0.39, 0.29) is 0 Å². The number of hydrogen-bond acceptors (Lipinski definition) is 2. The lowest BCUT2D eigenvalue weighted by molar-refractivity contribution is 0.437. The molecule has 0 radical (unpaired) electrons. The second kappa shape index (κ2) is 7.29. The van der Waals surface area contributed by atoms with Gasteiger partial charge in [-0.15, -0.1) is 0 Å². The summed E-state index contributed by atoms with van der Waals surface area (Å²) in [4.78, 5) is 4.45. The van der Waals surface area contributed by atoms with Gasteiger partial charge in [0.1, 0.15) is 0 Å². The first-order chi connectivity index (χ1) is 9.35. The van der Waals surface area contributed by atoms with E-state index < -0.39 is 0 Å². The molecular weight excluding hydrogens is 234 g/mol. The first kappa shape index (κ1) is 14.1. The fraction of sp³-hybridized carbons (Fsp3) is 0.562. The number of nitrogens with zero attached hydrogens (tertiary/aromatic N) is 2. The van der Waals surface area contributed by atoms with Crippen LogP contribution in [0.15, 0.2) is 30.6 Å². The summed E-state index contributed by atoms with van der Waals surface area (Å²) in [5, 5.41) is 3.43. The predicted octanol–water partition coefficient (Wildman–Crippen LogP) is 3.59. The number of aromatic nitrogens is 2. The minimum atomic E-state index is 0.537. The zero-order valence-corrected chi connectivity index (χ0v) is 12.1. The molecule has 2 aromatic rings. The number of benzene rings is 1. The van der Waals surface area contributed by atoms with Crippen LogP contribution in [0.4, 0.5) is 0 Å². The van der Waals surface area contributed by atoms with Crippen LogP contribution in [0.3, 0.4) is 0 Å². The molecule has 0 fully saturated rings. The number of hydrogen-bond donors (Lipinski definition) is 1. The van der Waals surface area contributed by atoms with Crippen LogP contribution >= 0.6 is 0 Å². The standard InChI is InChI=1S/C16H25N3/c1-3-4-5-6-9-14(17-2)12-19-13-18-15-10-7-8-11-16(15)19/h7-8,10-11,13-14,17H,3-6,9,12H2,1-2H3. The molecule has 1 aromatic heterocycles. The third-order valence-corrected chi connectivity index (χ3v) is 3.76. The van der Waals surface area contributed by atoms with Gasteiger partial charge in [0.25, 0.3) is 0 Å². The summed E-state index contributed by atoms with van der Waals surface area (Å²) in [5.74, 6) is 0. The SMILES string of the molecule is CCCCCCC(Cn1cnc2ccccc21)NC. The molecule has 0 saturated carbocycles. The summed E-state index contributed by atoms with van der Waals surface area (Å²) < 4.78 is 2.26. The zero-order valence-electron chi connectivity index (χ0n) is 12.1. The quantitative estimate of drug-likeness (QED) is 0.734. The number of likely N-dealkylation sites (N-methyl/N-ethyl adjacent to an activating group) is 1. The molecule has 0 aliphatic rings. The lowest BCUT2D eigenvalue weighted by atomic mass is 10.1. The van der Waals surface area contributed by atoms with Gasteiger partial charge >= 0.3 is 0 Å². The van der Waals surface area contributed by atoms with Gasteiger partial charge in [0, 0.05) is 12.6 Å². The summed E-state index contributed by atoms with van der Waals surface area (Å²) >= 11 is 0. The highest BCUT2D eigenvalue weighted by atomic mass is 15.1. The lowest BCUT2D eigenvalue weighted by Gasteiger charge is -2.17. The highest BCUT2D eigenvalue weighted by molar-refractivity contribution is 5.74. The molecule has 0 aliphatic carbocycles. The van der Waals surface area contributed by atoms with E-state index in [9.17, 15) is 0 Å². The molecule has 0 spiro atoms. The summed E-state index contributed by atoms with van der Waals surface area (Å²) in [6.07, 6.45) is 8.51. The molecule has 2 rings (SSSR count). The number of unbranched alkanes of at least 4 members (excludes halogenated alkanes) is 3. The van der Waals surface area contributed by atoms with Crippen LogP contribution in [0, 0.1) is 0 Å². The Bertz CT molecular complexity index is 489. The monoisotopic (exact) mass is 259 g/mol. The second-order valence-electron chi connectivity index (χ2n) is 5.22. The van der Waals surface area contributed by atoms with Gasteiger partial charge in [-0.2, -0.15) is 0 Å². The third-order valence-electron chi connectivity index (χ3n) is 3.76. The number of para-hydroxylation sites is 2. The van der Waals surface area contributed by atoms with Crippen LogP contribution in [0.5, 0.6) is 0 Å². The third kappa shape index (κ3) is 3.80. The molecule has 1 atom stereocenters. The zero-order chi connectivity index (χ0) is 13.5. The van der Waals surface area contributed by atoms with Gasteiger partial charge < -0.3 is 9.88 Å². The topological polar surface area (TPSA) is 29.9 Å². The molecule has 0 saturated heterocycles. The highest BCUT2D eigenvalue weighted by Crippen LogP contribution is 2.14. The van der Waals surface area contributed by atoms with E-state index in [0.29, 0.717) is 6.04 Å². The Morgan fingerprint density at radius 2 is 2.05 bits per heavy atom. The van der Waals surface area contributed by atoms with Crippen LogP contribution in [-0.4, -0.2) is 22.6 Å². The summed E-state index contributed by atoms with van der Waals surface area (Å²) in [7, 11) is 2.06. The van der Waals surface area contributed by atoms with E-state index in [1.54, 1.807) is 0 Å². The van der Waals surface area contributed by atoms with Gasteiger partial charge in [-0.3, -0.25) is 0 Å². The fourth-order valence-corrected chi connectivity index (χ4v) is 2.54. The molecule has 1 aromatic carbocycles. The molecule has 0 bridgehead atoms. The summed E-state index contributed by atoms with van der Waals surface area (Å²) in [6.45, 7) is 3.26. The van der Waals surface area contributed by atoms with Crippen molar-refractivity contribution in [2.24, 2.45) is 0 Å². The maximum atomic E-state index is 4.45. The van der Waals surface area contributed by atoms with Crippen LogP contribution in [0.25, 0.3) is 11.0 Å². The Balaban J connectivity index is 1.94. The predicted molar refractivity (Wildman–Crippen MR) is 81.3 cm³/mol. The molecular formula is C16H25N3. The fourth-order valence-electron chi connectivity index (χ4n) is 2.54. The van der Waals surface area contributed by atoms with Crippen molar-refractivity contribution in [2.45, 2.75) is 51.6 Å². The minimum Gasteiger partial charge on any atom is -0.329 e. The van der Waals surface area contributed by atoms with E-state index in [4.69, 9.17) is 0 Å². The molecule has 0 amide bonds. The number of nitrogens with one attached hydrogen (secondary N) is 1. The number of rotatable bonds is 8. The molecule has 1 heterocycles. The molecule has 104 valence electrons. The highest BCUT2D eigenvalue weighted by Gasteiger charge is 2.09. The van der Waals surface area contributed by atoms with Crippen molar-refractivity contribution in [3.63, 3.8) is 0 Å². The normalized spacial score (nSPS) is 12.9. The van der Waals surface area contributed by atoms with Crippen LogP contribution in [0.1, 0.15) is 39.0 Å². The Kier molecular flexibility index (Phi) is 5.40. The van der Waals surface area contributed by atoms with Gasteiger partial charge in [-0.1, -0.05) is 44.7 Å². The van der Waals surface area contributed by atoms with Crippen LogP contribution in [-0.2, 0) is 6.54 Å². The Morgan fingerprint density at radius 1 is 1.21 bits per heavy atom. The second-order valence-corrected chi connectivity index (χ2v) is 5.22. The molecule has 1 N–H and O–H groups in total. The number of fused-ring (bicyclic) bond motifs is 1. The van der Waals surface area contributed by atoms with Crippen molar-refractivity contribution < 1.29 is 0 Å². The van der Waals surface area contributed by atoms with Gasteiger partial charge in [-0.25, -0.2) is 4.98 Å². The maximum Gasteiger partial charge on any atom is 0.0958 e. The van der Waals surface area contributed by atoms with Crippen molar-refractivity contribution in [2.75, 3.05) is 7.05 Å². The molecule has 0 aliphatic heterocycles. The molecule has 19 heavy (non-hydrogen) atoms. The Hall–Kier alpha value is -1.35. The van der Waals surface area contributed by atoms with Crippen LogP contribution in [0.2, 0.25) is 0 Å². The van der Waals surface area contributed by atoms with E-state index in [1.807, 2.05) is 12.4 Å². The average molecular weight is 259 g/mol. The summed E-state index contributed by atoms with van der Waals surface area (Å²) in [6, 6.07) is 8.87. The smallest absolute Gasteiger partial charge is 0.0958 e. The van der Waals surface area contributed by atoms with Crippen LogP contribution < -0.4 is 5.32 Å². The van der Waals surface area contributed by atoms with E-state index in [2.05, 4.69) is 47.0 Å². The molecule has 3 nitrogen and oxygen atoms in total. The van der Waals surface area contributed by atoms with Crippen molar-refractivity contribution in [3.8, 4) is 0 Å². The molecule has 3 heteroatoms. The Labute approximate surface area is 116 Å². The average Bonchev–Trinajstić information content (AvgIpc) is 2.85. The van der Waals surface area contributed by atoms with E-state index in [1.165, 1.54) is 37.6 Å². The van der Waals surface area contributed by atoms with Gasteiger partial charge in [-0.05, 0) is 25.6 Å². The number of imidazole rings is 1. The van der Waals surface area contributed by atoms with Gasteiger partial charge in [0.05, 0.1) is 17.4 Å². The first-order valence-corrected chi connectivity index (χ1v) is 7.42. The van der Waals surface area contributed by atoms with Gasteiger partial charge in [0.2, 0.25) is 0 Å². The van der Waals surface area contributed by atoms with Crippen molar-refractivity contribution in [3.05, 3.63) is 30.6 Å². The van der Waals surface area contributed by atoms with E-state index in [0.717, 1.165) is 12.1 Å². The van der Waals surface area contributed by atoms with Crippen molar-refractivity contribution in [1.82, 2.24) is 14.9 Å². The van der Waals surface area contributed by atoms with E-state index >= 15 is 0 Å². The van der Waals surface area contributed by atoms with Crippen molar-refractivity contribution >= 4 is 11.0 Å². The lowest BCUT2D eigenvalue weighted by Crippen LogP contribution is -2.29. The largest absolute Gasteiger partial charge is 0.329 e. The van der Waals surface area contributed by atoms with Gasteiger partial charge in [0.15, 0.2) is 0 Å². The van der Waals surface area contributed by atoms with Crippen molar-refractivity contribution in [1.29, 1.82) is 0 Å². The Morgan fingerprint density at radius 3 is 2.84 bits per heavy atom. The molecule has 1 unspecified atom stereocenters. The summed E-state index contributed by atoms with van der Waals surface area (Å²) in [5.41, 5.74) is 2.32. The minimum absolute atomic E-state index is 0.537. The maximum absolute atomic E-state index is 4.45. The first-order valence-electron chi connectivity index (χ1n) is 7.42.